The second-order valence-electron chi connectivity index (χ2n) is 5.77. The first kappa shape index (κ1) is 15.1. The minimum absolute atomic E-state index is 0.0593. The zero-order chi connectivity index (χ0) is 16.4. The number of piperazine rings is 1. The van der Waals surface area contributed by atoms with E-state index in [4.69, 9.17) is 0 Å². The van der Waals surface area contributed by atoms with Crippen LogP contribution < -0.4 is 10.5 Å². The lowest BCUT2D eigenvalue weighted by Gasteiger charge is -2.34. The monoisotopic (exact) mass is 342 g/mol. The second kappa shape index (κ2) is 6.58. The van der Waals surface area contributed by atoms with Crippen LogP contribution in [0.5, 0.6) is 0 Å². The molecule has 24 heavy (non-hydrogen) atoms. The molecular formula is C16H18N6OS. The normalized spacial score (nSPS) is 15.8. The van der Waals surface area contributed by atoms with Crippen LogP contribution in [0, 0.1) is 0 Å². The Morgan fingerprint density at radius 1 is 1.08 bits per heavy atom. The van der Waals surface area contributed by atoms with Gasteiger partial charge in [0.2, 0.25) is 5.13 Å². The number of nitrogens with zero attached hydrogens (tertiary/aromatic N) is 5. The summed E-state index contributed by atoms with van der Waals surface area (Å²) in [5.74, 6) is 0.794. The average Bonchev–Trinajstić information content (AvgIpc) is 3.26. The van der Waals surface area contributed by atoms with Gasteiger partial charge >= 0.3 is 0 Å². The van der Waals surface area contributed by atoms with E-state index in [1.807, 2.05) is 35.0 Å². The summed E-state index contributed by atoms with van der Waals surface area (Å²) >= 11 is 1.45. The van der Waals surface area contributed by atoms with Crippen molar-refractivity contribution in [3.63, 3.8) is 0 Å². The molecule has 124 valence electrons. The Morgan fingerprint density at radius 2 is 1.88 bits per heavy atom. The lowest BCUT2D eigenvalue weighted by Crippen LogP contribution is -2.46. The number of nitrogens with one attached hydrogen (secondary N) is 1. The Bertz CT molecular complexity index is 847. The maximum Gasteiger partial charge on any atom is 0.264 e. The SMILES string of the molecule is O=c1ccn(CN2CCN(c3nc(-c4ccccc4)ns3)CC2)[nH]1. The molecule has 1 aromatic carbocycles. The summed E-state index contributed by atoms with van der Waals surface area (Å²) in [5.41, 5.74) is 0.992. The van der Waals surface area contributed by atoms with Crippen LogP contribution in [0.4, 0.5) is 5.13 Å². The van der Waals surface area contributed by atoms with Gasteiger partial charge in [-0.3, -0.25) is 19.5 Å². The van der Waals surface area contributed by atoms with E-state index in [1.54, 1.807) is 12.3 Å². The first-order chi connectivity index (χ1) is 11.8. The smallest absolute Gasteiger partial charge is 0.264 e. The summed E-state index contributed by atoms with van der Waals surface area (Å²) in [6.45, 7) is 4.40. The molecule has 0 saturated carbocycles. The highest BCUT2D eigenvalue weighted by molar-refractivity contribution is 7.09. The Labute approximate surface area is 143 Å². The Kier molecular flexibility index (Phi) is 4.14. The van der Waals surface area contributed by atoms with E-state index in [-0.39, 0.29) is 5.56 Å². The predicted molar refractivity (Wildman–Crippen MR) is 94.2 cm³/mol. The fraction of sp³-hybridized carbons (Fsp3) is 0.312. The summed E-state index contributed by atoms with van der Waals surface area (Å²) < 4.78 is 6.30. The Hall–Kier alpha value is -2.45. The van der Waals surface area contributed by atoms with Crippen molar-refractivity contribution >= 4 is 16.7 Å². The van der Waals surface area contributed by atoms with Gasteiger partial charge in [-0.1, -0.05) is 30.3 Å². The Balaban J connectivity index is 1.37. The molecular weight excluding hydrogens is 324 g/mol. The maximum atomic E-state index is 11.2. The number of hydrogen-bond donors (Lipinski definition) is 1. The van der Waals surface area contributed by atoms with Crippen molar-refractivity contribution in [1.82, 2.24) is 24.0 Å². The molecule has 0 unspecified atom stereocenters. The minimum atomic E-state index is -0.0593. The van der Waals surface area contributed by atoms with Gasteiger partial charge in [-0.15, -0.1) is 0 Å². The molecule has 1 fully saturated rings. The lowest BCUT2D eigenvalue weighted by atomic mass is 10.2. The van der Waals surface area contributed by atoms with Gasteiger partial charge in [0.1, 0.15) is 0 Å². The van der Waals surface area contributed by atoms with Gasteiger partial charge in [0, 0.05) is 55.5 Å². The van der Waals surface area contributed by atoms with E-state index in [1.165, 1.54) is 11.5 Å². The number of hydrogen-bond acceptors (Lipinski definition) is 6. The first-order valence-electron chi connectivity index (χ1n) is 7.90. The van der Waals surface area contributed by atoms with Crippen LogP contribution in [0.15, 0.2) is 47.4 Å². The Morgan fingerprint density at radius 3 is 2.58 bits per heavy atom. The quantitative estimate of drug-likeness (QED) is 0.778. The van der Waals surface area contributed by atoms with Crippen LogP contribution in [-0.4, -0.2) is 50.2 Å². The topological polar surface area (TPSA) is 70.1 Å². The third-order valence-corrected chi connectivity index (χ3v) is 4.88. The summed E-state index contributed by atoms with van der Waals surface area (Å²) in [4.78, 5) is 20.4. The van der Waals surface area contributed by atoms with Crippen LogP contribution in [0.1, 0.15) is 0 Å². The van der Waals surface area contributed by atoms with E-state index >= 15 is 0 Å². The molecule has 3 aromatic rings. The molecule has 0 radical (unpaired) electrons. The van der Waals surface area contributed by atoms with Crippen molar-refractivity contribution in [2.75, 3.05) is 31.1 Å². The van der Waals surface area contributed by atoms with Crippen molar-refractivity contribution in [2.24, 2.45) is 0 Å². The van der Waals surface area contributed by atoms with Gasteiger partial charge < -0.3 is 4.90 Å². The number of benzene rings is 1. The second-order valence-corrected chi connectivity index (χ2v) is 6.50. The van der Waals surface area contributed by atoms with Crippen molar-refractivity contribution < 1.29 is 0 Å². The third kappa shape index (κ3) is 3.24. The molecule has 8 heteroatoms. The van der Waals surface area contributed by atoms with Crippen LogP contribution in [-0.2, 0) is 6.67 Å². The highest BCUT2D eigenvalue weighted by Crippen LogP contribution is 2.24. The van der Waals surface area contributed by atoms with Gasteiger partial charge in [0.05, 0.1) is 6.67 Å². The molecule has 1 N–H and O–H groups in total. The van der Waals surface area contributed by atoms with Gasteiger partial charge in [-0.05, 0) is 0 Å². The van der Waals surface area contributed by atoms with E-state index < -0.39 is 0 Å². The molecule has 3 heterocycles. The third-order valence-electron chi connectivity index (χ3n) is 4.10. The van der Waals surface area contributed by atoms with Crippen molar-refractivity contribution in [2.45, 2.75) is 6.67 Å². The molecule has 1 aliphatic rings. The van der Waals surface area contributed by atoms with Gasteiger partial charge in [-0.25, -0.2) is 0 Å². The number of aromatic amines is 1. The summed E-state index contributed by atoms with van der Waals surface area (Å²) in [6.07, 6.45) is 1.78. The van der Waals surface area contributed by atoms with Crippen molar-refractivity contribution in [1.29, 1.82) is 0 Å². The average molecular weight is 342 g/mol. The number of H-pyrrole nitrogens is 1. The van der Waals surface area contributed by atoms with E-state index in [9.17, 15) is 4.79 Å². The molecule has 0 amide bonds. The molecule has 4 rings (SSSR count). The summed E-state index contributed by atoms with van der Waals surface area (Å²) in [6, 6.07) is 11.6. The molecule has 0 bridgehead atoms. The fourth-order valence-corrected chi connectivity index (χ4v) is 3.54. The van der Waals surface area contributed by atoms with Gasteiger partial charge in [0.25, 0.3) is 5.56 Å². The minimum Gasteiger partial charge on any atom is -0.344 e. The number of anilines is 1. The van der Waals surface area contributed by atoms with E-state index in [0.29, 0.717) is 6.67 Å². The summed E-state index contributed by atoms with van der Waals surface area (Å²) in [7, 11) is 0. The predicted octanol–water partition coefficient (Wildman–Crippen LogP) is 1.47. The molecule has 0 aliphatic carbocycles. The lowest BCUT2D eigenvalue weighted by molar-refractivity contribution is 0.195. The van der Waals surface area contributed by atoms with Gasteiger partial charge in [-0.2, -0.15) is 9.36 Å². The van der Waals surface area contributed by atoms with E-state index in [2.05, 4.69) is 24.3 Å². The maximum absolute atomic E-state index is 11.2. The van der Waals surface area contributed by atoms with Crippen molar-refractivity contribution in [3.05, 3.63) is 52.9 Å². The highest BCUT2D eigenvalue weighted by Gasteiger charge is 2.20. The molecule has 2 aromatic heterocycles. The first-order valence-corrected chi connectivity index (χ1v) is 8.67. The van der Waals surface area contributed by atoms with Gasteiger partial charge in [0.15, 0.2) is 5.82 Å². The number of rotatable bonds is 4. The molecule has 1 aliphatic heterocycles. The molecule has 1 saturated heterocycles. The zero-order valence-corrected chi connectivity index (χ0v) is 13.9. The van der Waals surface area contributed by atoms with E-state index in [0.717, 1.165) is 42.7 Å². The largest absolute Gasteiger partial charge is 0.344 e. The van der Waals surface area contributed by atoms with Crippen LogP contribution in [0.3, 0.4) is 0 Å². The fourth-order valence-electron chi connectivity index (χ4n) is 2.80. The molecule has 0 spiro atoms. The highest BCUT2D eigenvalue weighted by atomic mass is 32.1. The summed E-state index contributed by atoms with van der Waals surface area (Å²) in [5, 5.41) is 3.75. The van der Waals surface area contributed by atoms with Crippen LogP contribution in [0.25, 0.3) is 11.4 Å². The standard InChI is InChI=1S/C16H18N6OS/c23-14-6-7-22(18-14)12-20-8-10-21(11-9-20)16-17-15(19-24-16)13-4-2-1-3-5-13/h1-7H,8-12H2,(H,18,23). The van der Waals surface area contributed by atoms with Crippen molar-refractivity contribution in [3.8, 4) is 11.4 Å². The molecule has 7 nitrogen and oxygen atoms in total. The van der Waals surface area contributed by atoms with Crippen LogP contribution in [0.2, 0.25) is 0 Å². The zero-order valence-electron chi connectivity index (χ0n) is 13.1. The van der Waals surface area contributed by atoms with Crippen LogP contribution >= 0.6 is 11.5 Å². The molecule has 0 atom stereocenters. The number of aromatic nitrogens is 4.